The number of carbonyl (C=O) groups excluding carboxylic acids is 1. The lowest BCUT2D eigenvalue weighted by molar-refractivity contribution is 0.181. The van der Waals surface area contributed by atoms with Gasteiger partial charge in [0.2, 0.25) is 0 Å². The van der Waals surface area contributed by atoms with Crippen LogP contribution in [0.4, 0.5) is 10.5 Å². The lowest BCUT2D eigenvalue weighted by Crippen LogP contribution is -2.37. The predicted molar refractivity (Wildman–Crippen MR) is 109 cm³/mol. The second kappa shape index (κ2) is 7.31. The zero-order chi connectivity index (χ0) is 18.8. The molecule has 2 amide bonds. The first kappa shape index (κ1) is 17.4. The summed E-state index contributed by atoms with van der Waals surface area (Å²) < 4.78 is 2.22. The molecular formula is C23H25N3O. The second-order valence-electron chi connectivity index (χ2n) is 6.96. The summed E-state index contributed by atoms with van der Waals surface area (Å²) >= 11 is 0. The SMILES string of the molecule is CCc1ccc(NC(=O)N2Cc3ccccc3-n3cccc3[C@@H]2CC)cc1. The summed E-state index contributed by atoms with van der Waals surface area (Å²) in [6.45, 7) is 4.85. The topological polar surface area (TPSA) is 37.3 Å². The van der Waals surface area contributed by atoms with Crippen molar-refractivity contribution in [2.24, 2.45) is 0 Å². The number of amides is 2. The Balaban J connectivity index is 1.68. The number of aromatic nitrogens is 1. The summed E-state index contributed by atoms with van der Waals surface area (Å²) in [4.78, 5) is 15.1. The Kier molecular flexibility index (Phi) is 4.71. The van der Waals surface area contributed by atoms with Gasteiger partial charge in [-0.15, -0.1) is 0 Å². The molecule has 2 aromatic carbocycles. The number of fused-ring (bicyclic) bond motifs is 3. The Morgan fingerprint density at radius 2 is 1.81 bits per heavy atom. The van der Waals surface area contributed by atoms with E-state index in [1.807, 2.05) is 23.1 Å². The number of hydrogen-bond acceptors (Lipinski definition) is 1. The van der Waals surface area contributed by atoms with Crippen LogP contribution >= 0.6 is 0 Å². The molecule has 0 radical (unpaired) electrons. The quantitative estimate of drug-likeness (QED) is 0.655. The van der Waals surface area contributed by atoms with Gasteiger partial charge in [0.1, 0.15) is 0 Å². The van der Waals surface area contributed by atoms with Crippen molar-refractivity contribution in [3.63, 3.8) is 0 Å². The van der Waals surface area contributed by atoms with E-state index in [4.69, 9.17) is 0 Å². The minimum absolute atomic E-state index is 0.0299. The van der Waals surface area contributed by atoms with Gasteiger partial charge >= 0.3 is 6.03 Å². The summed E-state index contributed by atoms with van der Waals surface area (Å²) in [7, 11) is 0. The number of anilines is 1. The Labute approximate surface area is 160 Å². The monoisotopic (exact) mass is 359 g/mol. The number of nitrogens with one attached hydrogen (secondary N) is 1. The molecule has 0 spiro atoms. The van der Waals surface area contributed by atoms with Gasteiger partial charge in [-0.1, -0.05) is 44.2 Å². The number of nitrogens with zero attached hydrogens (tertiary/aromatic N) is 2. The second-order valence-corrected chi connectivity index (χ2v) is 6.96. The maximum Gasteiger partial charge on any atom is 0.322 e. The Morgan fingerprint density at radius 3 is 2.56 bits per heavy atom. The molecule has 27 heavy (non-hydrogen) atoms. The molecule has 0 aliphatic carbocycles. The average molecular weight is 359 g/mol. The van der Waals surface area contributed by atoms with E-state index in [1.54, 1.807) is 0 Å². The fraction of sp³-hybridized carbons (Fsp3) is 0.261. The van der Waals surface area contributed by atoms with Gasteiger partial charge in [-0.05, 0) is 54.3 Å². The smallest absolute Gasteiger partial charge is 0.318 e. The van der Waals surface area contributed by atoms with Gasteiger partial charge in [0.25, 0.3) is 0 Å². The van der Waals surface area contributed by atoms with E-state index < -0.39 is 0 Å². The summed E-state index contributed by atoms with van der Waals surface area (Å²) in [6, 6.07) is 20.5. The molecule has 1 atom stereocenters. The van der Waals surface area contributed by atoms with E-state index in [2.05, 4.69) is 72.4 Å². The molecule has 3 aromatic rings. The van der Waals surface area contributed by atoms with Crippen molar-refractivity contribution in [1.82, 2.24) is 9.47 Å². The van der Waals surface area contributed by atoms with E-state index in [1.165, 1.54) is 5.56 Å². The van der Waals surface area contributed by atoms with Crippen LogP contribution in [0.5, 0.6) is 0 Å². The normalized spacial score (nSPS) is 15.6. The van der Waals surface area contributed by atoms with Crippen molar-refractivity contribution in [2.45, 2.75) is 39.3 Å². The fourth-order valence-electron chi connectivity index (χ4n) is 3.88. The molecule has 4 rings (SSSR count). The maximum atomic E-state index is 13.2. The third kappa shape index (κ3) is 3.23. The van der Waals surface area contributed by atoms with Crippen molar-refractivity contribution >= 4 is 11.7 Å². The molecule has 1 aliphatic heterocycles. The van der Waals surface area contributed by atoms with E-state index in [-0.39, 0.29) is 12.1 Å². The van der Waals surface area contributed by atoms with Crippen LogP contribution in [0.2, 0.25) is 0 Å². The highest BCUT2D eigenvalue weighted by atomic mass is 16.2. The van der Waals surface area contributed by atoms with Crippen LogP contribution in [0.15, 0.2) is 66.9 Å². The van der Waals surface area contributed by atoms with Crippen LogP contribution in [0.25, 0.3) is 5.69 Å². The molecule has 2 heterocycles. The molecular weight excluding hydrogens is 334 g/mol. The van der Waals surface area contributed by atoms with Gasteiger partial charge in [0.05, 0.1) is 18.3 Å². The Morgan fingerprint density at radius 1 is 1.04 bits per heavy atom. The summed E-state index contributed by atoms with van der Waals surface area (Å²) in [5.41, 5.74) is 5.56. The molecule has 4 nitrogen and oxygen atoms in total. The van der Waals surface area contributed by atoms with E-state index in [0.29, 0.717) is 6.54 Å². The third-order valence-corrected chi connectivity index (χ3v) is 5.35. The minimum Gasteiger partial charge on any atom is -0.318 e. The first-order chi connectivity index (χ1) is 13.2. The Bertz CT molecular complexity index is 942. The predicted octanol–water partition coefficient (Wildman–Crippen LogP) is 5.54. The minimum atomic E-state index is -0.0597. The molecule has 4 heteroatoms. The summed E-state index contributed by atoms with van der Waals surface area (Å²) in [6.07, 6.45) is 3.94. The molecule has 1 N–H and O–H groups in total. The molecule has 0 unspecified atom stereocenters. The highest BCUT2D eigenvalue weighted by Gasteiger charge is 2.30. The number of hydrogen-bond donors (Lipinski definition) is 1. The third-order valence-electron chi connectivity index (χ3n) is 5.35. The zero-order valence-electron chi connectivity index (χ0n) is 15.9. The number of rotatable bonds is 3. The lowest BCUT2D eigenvalue weighted by atomic mass is 10.1. The standard InChI is InChI=1S/C23H25N3O/c1-3-17-11-13-19(14-12-17)24-23(27)26-16-18-8-5-6-9-21(18)25-15-7-10-22(25)20(26)4-2/h5-15,20H,3-4,16H2,1-2H3,(H,24,27)/t20-/m0/s1. The van der Waals surface area contributed by atoms with Crippen molar-refractivity contribution in [3.05, 3.63) is 83.7 Å². The van der Waals surface area contributed by atoms with Crippen LogP contribution < -0.4 is 5.32 Å². The van der Waals surface area contributed by atoms with Gasteiger partial charge in [0, 0.05) is 17.6 Å². The van der Waals surface area contributed by atoms with Gasteiger partial charge in [-0.2, -0.15) is 0 Å². The van der Waals surface area contributed by atoms with Crippen LogP contribution in [0.3, 0.4) is 0 Å². The van der Waals surface area contributed by atoms with Crippen molar-refractivity contribution in [3.8, 4) is 5.69 Å². The molecule has 138 valence electrons. The molecule has 0 saturated carbocycles. The van der Waals surface area contributed by atoms with Gasteiger partial charge < -0.3 is 14.8 Å². The molecule has 1 aromatic heterocycles. The first-order valence-corrected chi connectivity index (χ1v) is 9.63. The largest absolute Gasteiger partial charge is 0.322 e. The van der Waals surface area contributed by atoms with E-state index >= 15 is 0 Å². The number of urea groups is 1. The molecule has 0 fully saturated rings. The fourth-order valence-corrected chi connectivity index (χ4v) is 3.88. The van der Waals surface area contributed by atoms with E-state index in [9.17, 15) is 4.79 Å². The maximum absolute atomic E-state index is 13.2. The van der Waals surface area contributed by atoms with Crippen LogP contribution in [0, 0.1) is 0 Å². The highest BCUT2D eigenvalue weighted by Crippen LogP contribution is 2.34. The van der Waals surface area contributed by atoms with E-state index in [0.717, 1.165) is 35.5 Å². The van der Waals surface area contributed by atoms with Crippen molar-refractivity contribution in [1.29, 1.82) is 0 Å². The number of para-hydroxylation sites is 1. The average Bonchev–Trinajstić information content (AvgIpc) is 3.13. The number of aryl methyl sites for hydroxylation is 1. The highest BCUT2D eigenvalue weighted by molar-refractivity contribution is 5.89. The summed E-state index contributed by atoms with van der Waals surface area (Å²) in [5.74, 6) is 0. The first-order valence-electron chi connectivity index (χ1n) is 9.63. The van der Waals surface area contributed by atoms with Gasteiger partial charge in [-0.3, -0.25) is 0 Å². The van der Waals surface area contributed by atoms with Crippen LogP contribution in [-0.2, 0) is 13.0 Å². The Hall–Kier alpha value is -3.01. The lowest BCUT2D eigenvalue weighted by Gasteiger charge is -2.29. The van der Waals surface area contributed by atoms with Crippen LogP contribution in [-0.4, -0.2) is 15.5 Å². The molecule has 0 saturated heterocycles. The zero-order valence-corrected chi connectivity index (χ0v) is 15.9. The van der Waals surface area contributed by atoms with Crippen molar-refractivity contribution < 1.29 is 4.79 Å². The molecule has 0 bridgehead atoms. The van der Waals surface area contributed by atoms with Crippen molar-refractivity contribution in [2.75, 3.05) is 5.32 Å². The van der Waals surface area contributed by atoms with Crippen LogP contribution in [0.1, 0.15) is 43.1 Å². The summed E-state index contributed by atoms with van der Waals surface area (Å²) in [5, 5.41) is 3.09. The van der Waals surface area contributed by atoms with Gasteiger partial charge in [-0.25, -0.2) is 4.79 Å². The van der Waals surface area contributed by atoms with Gasteiger partial charge in [0.15, 0.2) is 0 Å². The number of benzene rings is 2. The molecule has 1 aliphatic rings. The number of carbonyl (C=O) groups is 1.